The van der Waals surface area contributed by atoms with Crippen LogP contribution in [-0.2, 0) is 6.18 Å². The Labute approximate surface area is 349 Å². The van der Waals surface area contributed by atoms with Crippen LogP contribution >= 0.6 is 0 Å². The average Bonchev–Trinajstić information content (AvgIpc) is 3.60. The van der Waals surface area contributed by atoms with Gasteiger partial charge in [0.25, 0.3) is 0 Å². The molecule has 0 atom stereocenters. The zero-order valence-corrected chi connectivity index (χ0v) is 32.6. The monoisotopic (exact) mass is 804 g/mol. The topological polar surface area (TPSA) is 33.1 Å². The van der Waals surface area contributed by atoms with Crippen LogP contribution in [-0.4, -0.2) is 17.7 Å². The van der Waals surface area contributed by atoms with Gasteiger partial charge in [-0.2, -0.15) is 13.2 Å². The predicted molar refractivity (Wildman–Crippen MR) is 237 cm³/mol. The van der Waals surface area contributed by atoms with E-state index in [0.29, 0.717) is 18.8 Å². The fourth-order valence-electron chi connectivity index (χ4n) is 9.20. The van der Waals surface area contributed by atoms with E-state index in [9.17, 15) is 13.2 Å². The van der Waals surface area contributed by atoms with E-state index in [0.717, 1.165) is 96.2 Å². The Morgan fingerprint density at radius 1 is 0.426 bits per heavy atom. The molecular weight excluding hydrogens is 770 g/mol. The minimum Gasteiger partial charge on any atom is -0.453 e. The van der Waals surface area contributed by atoms with E-state index in [1.165, 1.54) is 12.1 Å². The number of nitrogens with zero attached hydrogens (tertiary/aromatic N) is 4. The van der Waals surface area contributed by atoms with E-state index < -0.39 is 11.7 Å². The second-order valence-corrected chi connectivity index (χ2v) is 15.7. The standard InChI is InChI=1S/C52H35F3N4O2/c53-52(54,55)35-10-9-11-37(28-35)56-31-34(32-56)33-20-22-36(23-21-33)57-42-26-24-38(58-44-12-1-5-16-48(44)60-49-17-6-2-13-45(49)58)29-40(42)41-30-39(25-27-43(41)57)59-46-14-3-7-18-50(46)61-51-19-8-4-15-47(51)59/h1-30,34H,31-32H2. The Hall–Kier alpha value is -7.65. The Morgan fingerprint density at radius 3 is 1.33 bits per heavy atom. The second-order valence-electron chi connectivity index (χ2n) is 15.7. The molecule has 6 nitrogen and oxygen atoms in total. The van der Waals surface area contributed by atoms with Crippen LogP contribution in [0.1, 0.15) is 17.0 Å². The number of para-hydroxylation sites is 8. The summed E-state index contributed by atoms with van der Waals surface area (Å²) in [7, 11) is 0. The lowest BCUT2D eigenvalue weighted by Gasteiger charge is -2.41. The Kier molecular flexibility index (Phi) is 7.78. The van der Waals surface area contributed by atoms with Crippen LogP contribution in [0.3, 0.4) is 0 Å². The average molecular weight is 805 g/mol. The number of benzene rings is 8. The van der Waals surface area contributed by atoms with Gasteiger partial charge in [-0.05, 0) is 121 Å². The predicted octanol–water partition coefficient (Wildman–Crippen LogP) is 14.6. The first-order valence-corrected chi connectivity index (χ1v) is 20.3. The van der Waals surface area contributed by atoms with Gasteiger partial charge in [-0.3, -0.25) is 0 Å². The maximum Gasteiger partial charge on any atom is 0.416 e. The Morgan fingerprint density at radius 2 is 0.869 bits per heavy atom. The highest BCUT2D eigenvalue weighted by molar-refractivity contribution is 6.12. The molecule has 1 saturated heterocycles. The fourth-order valence-corrected chi connectivity index (χ4v) is 9.20. The van der Waals surface area contributed by atoms with Crippen molar-refractivity contribution in [1.82, 2.24) is 4.57 Å². The van der Waals surface area contributed by atoms with Crippen molar-refractivity contribution in [3.8, 4) is 28.7 Å². The highest BCUT2D eigenvalue weighted by Gasteiger charge is 2.34. The fraction of sp³-hybridized carbons (Fsp3) is 0.0769. The van der Waals surface area contributed by atoms with Gasteiger partial charge in [-0.1, -0.05) is 66.7 Å². The van der Waals surface area contributed by atoms with Crippen molar-refractivity contribution in [2.45, 2.75) is 12.1 Å². The first-order chi connectivity index (χ1) is 29.9. The number of hydrogen-bond acceptors (Lipinski definition) is 5. The van der Waals surface area contributed by atoms with Crippen molar-refractivity contribution in [2.75, 3.05) is 27.8 Å². The summed E-state index contributed by atoms with van der Waals surface area (Å²) in [6.45, 7) is 1.31. The SMILES string of the molecule is FC(F)(F)c1cccc(N2CC(c3ccc(-n4c5ccc(N6c7ccccc7Oc7ccccc76)cc5c5cc(N6c7ccccc7Oc7ccccc76)ccc54)cc3)C2)c1. The van der Waals surface area contributed by atoms with Crippen molar-refractivity contribution >= 4 is 61.6 Å². The zero-order valence-electron chi connectivity index (χ0n) is 32.6. The van der Waals surface area contributed by atoms with Crippen molar-refractivity contribution in [1.29, 1.82) is 0 Å². The highest BCUT2D eigenvalue weighted by Crippen LogP contribution is 2.53. The van der Waals surface area contributed by atoms with Crippen molar-refractivity contribution in [3.05, 3.63) is 193 Å². The van der Waals surface area contributed by atoms with Crippen LogP contribution < -0.4 is 24.2 Å². The van der Waals surface area contributed by atoms with Crippen molar-refractivity contribution in [2.24, 2.45) is 0 Å². The van der Waals surface area contributed by atoms with E-state index in [-0.39, 0.29) is 5.92 Å². The molecule has 0 N–H and O–H groups in total. The van der Waals surface area contributed by atoms with E-state index >= 15 is 0 Å². The molecule has 12 rings (SSSR count). The molecule has 0 bridgehead atoms. The zero-order chi connectivity index (χ0) is 40.8. The lowest BCUT2D eigenvalue weighted by molar-refractivity contribution is -0.137. The van der Waals surface area contributed by atoms with Crippen molar-refractivity contribution in [3.63, 3.8) is 0 Å². The van der Waals surface area contributed by atoms with E-state index in [1.807, 2.05) is 77.7 Å². The number of rotatable bonds is 5. The molecular formula is C52H35F3N4O2. The number of aromatic nitrogens is 1. The van der Waals surface area contributed by atoms with Gasteiger partial charge in [0.05, 0.1) is 39.3 Å². The van der Waals surface area contributed by atoms with Gasteiger partial charge < -0.3 is 28.7 Å². The summed E-state index contributed by atoms with van der Waals surface area (Å²) < 4.78 is 55.4. The summed E-state index contributed by atoms with van der Waals surface area (Å²) >= 11 is 0. The van der Waals surface area contributed by atoms with E-state index in [1.54, 1.807) is 6.07 Å². The molecule has 0 amide bonds. The smallest absolute Gasteiger partial charge is 0.416 e. The molecule has 0 spiro atoms. The summed E-state index contributed by atoms with van der Waals surface area (Å²) in [6.07, 6.45) is -4.37. The van der Waals surface area contributed by atoms with Crippen LogP contribution in [0.4, 0.5) is 53.0 Å². The lowest BCUT2D eigenvalue weighted by Crippen LogP contribution is -2.45. The molecule has 9 aromatic rings. The molecule has 3 aliphatic heterocycles. The number of anilines is 7. The van der Waals surface area contributed by atoms with Crippen LogP contribution in [0.2, 0.25) is 0 Å². The minimum atomic E-state index is -4.37. The third-order valence-electron chi connectivity index (χ3n) is 12.2. The summed E-state index contributed by atoms with van der Waals surface area (Å²) in [5.74, 6) is 3.38. The minimum absolute atomic E-state index is 0.213. The number of halogens is 3. The summed E-state index contributed by atoms with van der Waals surface area (Å²) in [4.78, 5) is 6.54. The normalized spacial score (nSPS) is 14.4. The largest absolute Gasteiger partial charge is 0.453 e. The second kappa shape index (κ2) is 13.4. The third-order valence-corrected chi connectivity index (χ3v) is 12.2. The van der Waals surface area contributed by atoms with Gasteiger partial charge in [0.2, 0.25) is 0 Å². The van der Waals surface area contributed by atoms with Gasteiger partial charge in [-0.15, -0.1) is 0 Å². The van der Waals surface area contributed by atoms with Gasteiger partial charge >= 0.3 is 6.18 Å². The van der Waals surface area contributed by atoms with Crippen LogP contribution in [0.15, 0.2) is 182 Å². The summed E-state index contributed by atoms with van der Waals surface area (Å²) in [6, 6.07) is 60.1. The van der Waals surface area contributed by atoms with Gasteiger partial charge in [-0.25, -0.2) is 0 Å². The van der Waals surface area contributed by atoms with Crippen LogP contribution in [0, 0.1) is 0 Å². The summed E-state index contributed by atoms with van der Waals surface area (Å²) in [5.41, 5.74) is 10.1. The molecule has 1 aromatic heterocycles. The summed E-state index contributed by atoms with van der Waals surface area (Å²) in [5, 5.41) is 2.18. The maximum absolute atomic E-state index is 13.4. The lowest BCUT2D eigenvalue weighted by atomic mass is 9.90. The molecule has 9 heteroatoms. The van der Waals surface area contributed by atoms with Gasteiger partial charge in [0.1, 0.15) is 0 Å². The number of ether oxygens (including phenoxy) is 2. The Balaban J connectivity index is 0.979. The highest BCUT2D eigenvalue weighted by atomic mass is 19.4. The van der Waals surface area contributed by atoms with Crippen LogP contribution in [0.5, 0.6) is 23.0 Å². The molecule has 8 aromatic carbocycles. The number of fused-ring (bicyclic) bond motifs is 7. The third kappa shape index (κ3) is 5.72. The van der Waals surface area contributed by atoms with Crippen LogP contribution in [0.25, 0.3) is 27.5 Å². The first kappa shape index (κ1) is 35.3. The molecule has 4 heterocycles. The molecule has 0 unspecified atom stereocenters. The molecule has 0 radical (unpaired) electrons. The molecule has 61 heavy (non-hydrogen) atoms. The van der Waals surface area contributed by atoms with Crippen molar-refractivity contribution < 1.29 is 22.6 Å². The first-order valence-electron chi connectivity index (χ1n) is 20.3. The molecule has 3 aliphatic rings. The molecule has 0 aliphatic carbocycles. The van der Waals surface area contributed by atoms with Gasteiger partial charge in [0.15, 0.2) is 23.0 Å². The molecule has 1 fully saturated rings. The quantitative estimate of drug-likeness (QED) is 0.173. The number of alkyl halides is 3. The van der Waals surface area contributed by atoms with E-state index in [4.69, 9.17) is 9.47 Å². The maximum atomic E-state index is 13.4. The Bertz CT molecular complexity index is 2940. The van der Waals surface area contributed by atoms with E-state index in [2.05, 4.69) is 99.3 Å². The number of hydrogen-bond donors (Lipinski definition) is 0. The van der Waals surface area contributed by atoms with Gasteiger partial charge in [0, 0.05) is 52.5 Å². The molecule has 0 saturated carbocycles. The molecule has 296 valence electrons.